The van der Waals surface area contributed by atoms with Crippen molar-refractivity contribution >= 4 is 29.1 Å². The van der Waals surface area contributed by atoms with Crippen LogP contribution < -0.4 is 19.7 Å². The predicted molar refractivity (Wildman–Crippen MR) is 130 cm³/mol. The molecule has 1 aliphatic carbocycles. The van der Waals surface area contributed by atoms with Crippen LogP contribution in [0.5, 0.6) is 11.5 Å². The minimum absolute atomic E-state index is 0.0649. The van der Waals surface area contributed by atoms with Gasteiger partial charge in [0.25, 0.3) is 5.91 Å². The Morgan fingerprint density at radius 2 is 1.79 bits per heavy atom. The van der Waals surface area contributed by atoms with Crippen molar-refractivity contribution < 1.29 is 23.5 Å². The van der Waals surface area contributed by atoms with Crippen LogP contribution in [0, 0.1) is 0 Å². The third kappa shape index (κ3) is 5.04. The summed E-state index contributed by atoms with van der Waals surface area (Å²) in [6.07, 6.45) is 5.37. The molecule has 34 heavy (non-hydrogen) atoms. The molecular weight excluding hydrogens is 456 g/mol. The number of nitrogens with zero attached hydrogens (tertiary/aromatic N) is 1. The number of nitrogens with one attached hydrogen (secondary N) is 1. The predicted octanol–water partition coefficient (Wildman–Crippen LogP) is 5.40. The number of anilines is 1. The first-order valence-corrected chi connectivity index (χ1v) is 11.5. The van der Waals surface area contributed by atoms with Crippen LogP contribution >= 0.6 is 11.6 Å². The Morgan fingerprint density at radius 3 is 2.41 bits per heavy atom. The lowest BCUT2D eigenvalue weighted by Crippen LogP contribution is -2.46. The molecule has 1 saturated carbocycles. The van der Waals surface area contributed by atoms with Crippen LogP contribution in [0.4, 0.5) is 5.69 Å². The van der Waals surface area contributed by atoms with Crippen LogP contribution in [-0.4, -0.2) is 32.1 Å². The van der Waals surface area contributed by atoms with Crippen molar-refractivity contribution in [3.8, 4) is 11.5 Å². The van der Waals surface area contributed by atoms with Crippen LogP contribution in [-0.2, 0) is 4.79 Å². The van der Waals surface area contributed by atoms with Gasteiger partial charge in [-0.1, -0.05) is 36.6 Å². The standard InChI is InChI=1S/C26H27ClN2O5/c1-32-20-12-9-17(10-13-20)24(25(30)28-19-6-3-4-7-19)29(26(31)23-8-5-15-34-23)21-16-18(27)11-14-22(21)33-2/h5,8-16,19,24H,3-4,6-7H2,1-2H3,(H,28,30). The van der Waals surface area contributed by atoms with Gasteiger partial charge in [-0.25, -0.2) is 0 Å². The van der Waals surface area contributed by atoms with Crippen LogP contribution in [0.1, 0.15) is 47.8 Å². The highest BCUT2D eigenvalue weighted by molar-refractivity contribution is 6.31. The third-order valence-corrected chi connectivity index (χ3v) is 6.23. The Balaban J connectivity index is 1.86. The van der Waals surface area contributed by atoms with Crippen molar-refractivity contribution in [1.82, 2.24) is 5.32 Å². The molecule has 7 nitrogen and oxygen atoms in total. The SMILES string of the molecule is COc1ccc(C(C(=O)NC2CCCC2)N(C(=O)c2ccco2)c2cc(Cl)ccc2OC)cc1. The number of carbonyl (C=O) groups is 2. The molecule has 2 amide bonds. The number of methoxy groups -OCH3 is 2. The van der Waals surface area contributed by atoms with E-state index in [0.29, 0.717) is 27.8 Å². The smallest absolute Gasteiger partial charge is 0.295 e. The highest BCUT2D eigenvalue weighted by atomic mass is 35.5. The molecule has 0 saturated heterocycles. The quantitative estimate of drug-likeness (QED) is 0.465. The fourth-order valence-electron chi connectivity index (χ4n) is 4.29. The topological polar surface area (TPSA) is 81.0 Å². The van der Waals surface area contributed by atoms with Gasteiger partial charge in [0.2, 0.25) is 5.91 Å². The number of hydrogen-bond acceptors (Lipinski definition) is 5. The van der Waals surface area contributed by atoms with Gasteiger partial charge in [0, 0.05) is 11.1 Å². The Morgan fingerprint density at radius 1 is 1.06 bits per heavy atom. The van der Waals surface area contributed by atoms with Crippen molar-refractivity contribution in [3.63, 3.8) is 0 Å². The monoisotopic (exact) mass is 482 g/mol. The molecule has 3 aromatic rings. The molecule has 0 spiro atoms. The number of rotatable bonds is 8. The first-order chi connectivity index (χ1) is 16.5. The van der Waals surface area contributed by atoms with Gasteiger partial charge >= 0.3 is 0 Å². The van der Waals surface area contributed by atoms with Crippen LogP contribution in [0.3, 0.4) is 0 Å². The maximum atomic E-state index is 13.8. The van der Waals surface area contributed by atoms with E-state index in [1.165, 1.54) is 18.3 Å². The number of hydrogen-bond donors (Lipinski definition) is 1. The van der Waals surface area contributed by atoms with Gasteiger partial charge in [0.05, 0.1) is 26.2 Å². The molecule has 8 heteroatoms. The van der Waals surface area contributed by atoms with Gasteiger partial charge in [-0.15, -0.1) is 0 Å². The minimum Gasteiger partial charge on any atom is -0.497 e. The van der Waals surface area contributed by atoms with Crippen molar-refractivity contribution in [2.24, 2.45) is 0 Å². The maximum absolute atomic E-state index is 13.8. The van der Waals surface area contributed by atoms with Crippen molar-refractivity contribution in [2.75, 3.05) is 19.1 Å². The van der Waals surface area contributed by atoms with Crippen molar-refractivity contribution in [2.45, 2.75) is 37.8 Å². The van der Waals surface area contributed by atoms with E-state index in [9.17, 15) is 9.59 Å². The number of benzene rings is 2. The Labute approximate surface area is 203 Å². The summed E-state index contributed by atoms with van der Waals surface area (Å²) in [6.45, 7) is 0. The molecule has 1 atom stereocenters. The first-order valence-electron chi connectivity index (χ1n) is 11.2. The zero-order valence-corrected chi connectivity index (χ0v) is 19.9. The molecule has 1 fully saturated rings. The Hall–Kier alpha value is -3.45. The summed E-state index contributed by atoms with van der Waals surface area (Å²) in [5.74, 6) is 0.348. The van der Waals surface area contributed by atoms with E-state index in [0.717, 1.165) is 25.7 Å². The molecule has 2 aromatic carbocycles. The van der Waals surface area contributed by atoms with Crippen LogP contribution in [0.15, 0.2) is 65.3 Å². The van der Waals surface area contributed by atoms with Gasteiger partial charge < -0.3 is 19.2 Å². The first kappa shape index (κ1) is 23.7. The zero-order valence-electron chi connectivity index (χ0n) is 19.1. The number of furan rings is 1. The fourth-order valence-corrected chi connectivity index (χ4v) is 4.46. The van der Waals surface area contributed by atoms with Crippen molar-refractivity contribution in [1.29, 1.82) is 0 Å². The number of carbonyl (C=O) groups excluding carboxylic acids is 2. The molecule has 1 unspecified atom stereocenters. The largest absolute Gasteiger partial charge is 0.497 e. The maximum Gasteiger partial charge on any atom is 0.295 e. The minimum atomic E-state index is -1.00. The zero-order chi connectivity index (χ0) is 24.1. The third-order valence-electron chi connectivity index (χ3n) is 5.99. The van der Waals surface area contributed by atoms with E-state index in [1.807, 2.05) is 0 Å². The number of amides is 2. The van der Waals surface area contributed by atoms with E-state index in [2.05, 4.69) is 5.32 Å². The van der Waals surface area contributed by atoms with Gasteiger partial charge in [-0.3, -0.25) is 14.5 Å². The van der Waals surface area contributed by atoms with Gasteiger partial charge in [-0.05, 0) is 60.9 Å². The summed E-state index contributed by atoms with van der Waals surface area (Å²) in [4.78, 5) is 29.0. The van der Waals surface area contributed by atoms with Gasteiger partial charge in [-0.2, -0.15) is 0 Å². The molecule has 0 radical (unpaired) electrons. The summed E-state index contributed by atoms with van der Waals surface area (Å²) >= 11 is 6.32. The molecule has 1 aliphatic rings. The lowest BCUT2D eigenvalue weighted by atomic mass is 10.0. The number of halogens is 1. The van der Waals surface area contributed by atoms with E-state index in [4.69, 9.17) is 25.5 Å². The molecule has 1 heterocycles. The van der Waals surface area contributed by atoms with E-state index >= 15 is 0 Å². The molecule has 4 rings (SSSR count). The highest BCUT2D eigenvalue weighted by Crippen LogP contribution is 2.38. The van der Waals surface area contributed by atoms with Gasteiger partial charge in [0.15, 0.2) is 5.76 Å². The van der Waals surface area contributed by atoms with Crippen molar-refractivity contribution in [3.05, 3.63) is 77.2 Å². The summed E-state index contributed by atoms with van der Waals surface area (Å²) in [5, 5.41) is 3.54. The van der Waals surface area contributed by atoms with Crippen LogP contribution in [0.2, 0.25) is 5.02 Å². The molecular formula is C26H27ClN2O5. The van der Waals surface area contributed by atoms with E-state index in [1.54, 1.807) is 61.7 Å². The summed E-state index contributed by atoms with van der Waals surface area (Å²) < 4.78 is 16.3. The van der Waals surface area contributed by atoms with Crippen LogP contribution in [0.25, 0.3) is 0 Å². The molecule has 178 valence electrons. The average Bonchev–Trinajstić information content (AvgIpc) is 3.57. The second-order valence-electron chi connectivity index (χ2n) is 8.13. The summed E-state index contributed by atoms with van der Waals surface area (Å²) in [6, 6.07) is 14.3. The second-order valence-corrected chi connectivity index (χ2v) is 8.57. The molecule has 1 aromatic heterocycles. The molecule has 0 bridgehead atoms. The van der Waals surface area contributed by atoms with Gasteiger partial charge in [0.1, 0.15) is 17.5 Å². The lowest BCUT2D eigenvalue weighted by molar-refractivity contribution is -0.123. The lowest BCUT2D eigenvalue weighted by Gasteiger charge is -2.32. The highest BCUT2D eigenvalue weighted by Gasteiger charge is 2.37. The number of ether oxygens (including phenoxy) is 2. The molecule has 1 N–H and O–H groups in total. The summed E-state index contributed by atoms with van der Waals surface area (Å²) in [7, 11) is 3.08. The normalized spacial score (nSPS) is 14.4. The fraction of sp³-hybridized carbons (Fsp3) is 0.308. The van der Waals surface area contributed by atoms with E-state index < -0.39 is 11.9 Å². The summed E-state index contributed by atoms with van der Waals surface area (Å²) in [5.41, 5.74) is 0.969. The van der Waals surface area contributed by atoms with E-state index in [-0.39, 0.29) is 17.7 Å². The molecule has 0 aliphatic heterocycles. The second kappa shape index (κ2) is 10.7. The Bertz CT molecular complexity index is 1120. The average molecular weight is 483 g/mol. The Kier molecular flexibility index (Phi) is 7.43.